The summed E-state index contributed by atoms with van der Waals surface area (Å²) in [5, 5.41) is 5.22. The van der Waals surface area contributed by atoms with Gasteiger partial charge in [-0.25, -0.2) is 19.4 Å². The number of aryl methyl sites for hydroxylation is 1. The standard InChI is InChI=1S/C28H27FN8O/c1-19-14-20(6-8-30-19)27-32-18-37(35-27)24-4-2-23(3-5-24)33-28-31-9-7-26(34-28)21-15-22(29)17-25(16-21)36-10-12-38-13-11-36/h2-9,14-17H,10-13,18H2,1H3,(H,32,35)(H,31,33,34). The second-order valence-corrected chi connectivity index (χ2v) is 9.11. The molecule has 2 aromatic carbocycles. The van der Waals surface area contributed by atoms with Crippen molar-refractivity contribution in [3.63, 3.8) is 0 Å². The van der Waals surface area contributed by atoms with E-state index in [1.165, 1.54) is 6.07 Å². The number of ether oxygens (including phenoxy) is 1. The molecule has 0 amide bonds. The molecule has 10 heteroatoms. The zero-order valence-corrected chi connectivity index (χ0v) is 20.9. The van der Waals surface area contributed by atoms with Gasteiger partial charge >= 0.3 is 0 Å². The van der Waals surface area contributed by atoms with E-state index >= 15 is 0 Å². The third-order valence-electron chi connectivity index (χ3n) is 6.43. The number of anilines is 4. The van der Waals surface area contributed by atoms with Gasteiger partial charge in [0.15, 0.2) is 0 Å². The van der Waals surface area contributed by atoms with Gasteiger partial charge in [-0.3, -0.25) is 15.4 Å². The van der Waals surface area contributed by atoms with Crippen LogP contribution in [0.5, 0.6) is 0 Å². The molecule has 38 heavy (non-hydrogen) atoms. The summed E-state index contributed by atoms with van der Waals surface area (Å²) in [6.07, 6.45) is 3.46. The van der Waals surface area contributed by atoms with Crippen molar-refractivity contribution < 1.29 is 9.13 Å². The highest BCUT2D eigenvalue weighted by atomic mass is 19.1. The second-order valence-electron chi connectivity index (χ2n) is 9.11. The molecular formula is C28H27FN8O. The zero-order chi connectivity index (χ0) is 25.9. The van der Waals surface area contributed by atoms with Gasteiger partial charge in [-0.2, -0.15) is 0 Å². The quantitative estimate of drug-likeness (QED) is 0.397. The van der Waals surface area contributed by atoms with E-state index in [4.69, 9.17) is 4.74 Å². The highest BCUT2D eigenvalue weighted by Crippen LogP contribution is 2.27. The van der Waals surface area contributed by atoms with Crippen molar-refractivity contribution in [2.75, 3.05) is 48.2 Å². The molecule has 0 saturated carbocycles. The number of morpholine rings is 1. The fraction of sp³-hybridized carbons (Fsp3) is 0.214. The maximum Gasteiger partial charge on any atom is 0.227 e. The van der Waals surface area contributed by atoms with Gasteiger partial charge in [0.05, 0.1) is 24.6 Å². The Labute approximate surface area is 220 Å². The van der Waals surface area contributed by atoms with Crippen molar-refractivity contribution in [1.82, 2.24) is 20.4 Å². The largest absolute Gasteiger partial charge is 0.378 e. The van der Waals surface area contributed by atoms with Crippen LogP contribution in [-0.4, -0.2) is 53.8 Å². The van der Waals surface area contributed by atoms with Crippen LogP contribution in [0.3, 0.4) is 0 Å². The highest BCUT2D eigenvalue weighted by molar-refractivity contribution is 6.01. The summed E-state index contributed by atoms with van der Waals surface area (Å²) in [5.74, 6) is 0.955. The van der Waals surface area contributed by atoms with Gasteiger partial charge in [-0.05, 0) is 67.6 Å². The molecule has 1 saturated heterocycles. The molecule has 2 N–H and O–H groups in total. The molecular weight excluding hydrogens is 483 g/mol. The van der Waals surface area contributed by atoms with Crippen LogP contribution in [0.4, 0.5) is 27.4 Å². The van der Waals surface area contributed by atoms with Gasteiger partial charge in [-0.15, -0.1) is 0 Å². The van der Waals surface area contributed by atoms with Crippen LogP contribution in [0.1, 0.15) is 11.3 Å². The number of benzene rings is 2. The van der Waals surface area contributed by atoms with Crippen LogP contribution >= 0.6 is 0 Å². The Morgan fingerprint density at radius 3 is 2.53 bits per heavy atom. The monoisotopic (exact) mass is 510 g/mol. The molecule has 0 unspecified atom stereocenters. The lowest BCUT2D eigenvalue weighted by Gasteiger charge is -2.29. The number of hydrogen-bond acceptors (Lipinski definition) is 9. The molecule has 6 rings (SSSR count). The van der Waals surface area contributed by atoms with Crippen LogP contribution in [0.2, 0.25) is 0 Å². The predicted molar refractivity (Wildman–Crippen MR) is 146 cm³/mol. The van der Waals surface area contributed by atoms with E-state index in [0.717, 1.165) is 47.2 Å². The fourth-order valence-electron chi connectivity index (χ4n) is 4.49. The lowest BCUT2D eigenvalue weighted by molar-refractivity contribution is 0.122. The third-order valence-corrected chi connectivity index (χ3v) is 6.43. The minimum absolute atomic E-state index is 0.297. The molecule has 2 aromatic heterocycles. The summed E-state index contributed by atoms with van der Waals surface area (Å²) in [7, 11) is 0. The van der Waals surface area contributed by atoms with Gasteiger partial charge in [0.25, 0.3) is 0 Å². The average Bonchev–Trinajstić information content (AvgIpc) is 3.44. The van der Waals surface area contributed by atoms with Crippen molar-refractivity contribution >= 4 is 28.8 Å². The Hall–Kier alpha value is -4.57. The summed E-state index contributed by atoms with van der Waals surface area (Å²) in [6, 6.07) is 18.7. The van der Waals surface area contributed by atoms with Gasteiger partial charge < -0.3 is 15.0 Å². The molecule has 4 aromatic rings. The number of nitrogens with one attached hydrogen (secondary N) is 2. The topological polar surface area (TPSA) is 90.8 Å². The molecule has 192 valence electrons. The number of hydrogen-bond donors (Lipinski definition) is 2. The van der Waals surface area contributed by atoms with Crippen LogP contribution < -0.4 is 20.7 Å². The van der Waals surface area contributed by atoms with Crippen LogP contribution in [0, 0.1) is 12.7 Å². The lowest BCUT2D eigenvalue weighted by atomic mass is 10.1. The van der Waals surface area contributed by atoms with E-state index < -0.39 is 0 Å². The first-order chi connectivity index (χ1) is 18.6. The minimum Gasteiger partial charge on any atom is -0.378 e. The van der Waals surface area contributed by atoms with E-state index in [2.05, 4.69) is 35.6 Å². The van der Waals surface area contributed by atoms with Crippen molar-refractivity contribution in [1.29, 1.82) is 0 Å². The second kappa shape index (κ2) is 10.4. The maximum absolute atomic E-state index is 14.5. The Balaban J connectivity index is 1.14. The summed E-state index contributed by atoms with van der Waals surface area (Å²) in [4.78, 5) is 20.0. The van der Waals surface area contributed by atoms with Gasteiger partial charge in [0.1, 0.15) is 18.3 Å². The SMILES string of the molecule is Cc1cc(C2=NCN(c3ccc(Nc4nccc(-c5cc(F)cc(N6CCOCC6)c5)n4)cc3)N2)ccn1. The van der Waals surface area contributed by atoms with E-state index in [1.807, 2.05) is 54.4 Å². The Morgan fingerprint density at radius 1 is 0.895 bits per heavy atom. The number of aliphatic imine (C=N–C) groups is 1. The first kappa shape index (κ1) is 23.8. The molecule has 2 aliphatic heterocycles. The summed E-state index contributed by atoms with van der Waals surface area (Å²) >= 11 is 0. The number of hydrazine groups is 1. The van der Waals surface area contributed by atoms with Crippen LogP contribution in [0.25, 0.3) is 11.3 Å². The number of pyridine rings is 1. The fourth-order valence-corrected chi connectivity index (χ4v) is 4.49. The van der Waals surface area contributed by atoms with Crippen molar-refractivity contribution in [2.45, 2.75) is 6.92 Å². The van der Waals surface area contributed by atoms with Gasteiger partial charge in [0.2, 0.25) is 5.95 Å². The third kappa shape index (κ3) is 5.25. The molecule has 0 atom stereocenters. The molecule has 0 bridgehead atoms. The number of aromatic nitrogens is 3. The highest BCUT2D eigenvalue weighted by Gasteiger charge is 2.17. The van der Waals surface area contributed by atoms with Gasteiger partial charge in [-0.1, -0.05) is 0 Å². The van der Waals surface area contributed by atoms with Crippen molar-refractivity contribution in [3.05, 3.63) is 90.1 Å². The first-order valence-corrected chi connectivity index (χ1v) is 12.5. The van der Waals surface area contributed by atoms with Crippen molar-refractivity contribution in [2.24, 2.45) is 4.99 Å². The van der Waals surface area contributed by atoms with Crippen LogP contribution in [0.15, 0.2) is 78.0 Å². The molecule has 4 heterocycles. The van der Waals surface area contributed by atoms with E-state index in [1.54, 1.807) is 24.5 Å². The smallest absolute Gasteiger partial charge is 0.227 e. The number of nitrogens with zero attached hydrogens (tertiary/aromatic N) is 6. The molecule has 9 nitrogen and oxygen atoms in total. The Kier molecular flexibility index (Phi) is 6.53. The van der Waals surface area contributed by atoms with Crippen LogP contribution in [-0.2, 0) is 4.74 Å². The first-order valence-electron chi connectivity index (χ1n) is 12.5. The predicted octanol–water partition coefficient (Wildman–Crippen LogP) is 4.30. The summed E-state index contributed by atoms with van der Waals surface area (Å²) in [5.41, 5.74) is 9.29. The maximum atomic E-state index is 14.5. The molecule has 1 fully saturated rings. The van der Waals surface area contributed by atoms with Gasteiger partial charge in [0, 0.05) is 53.7 Å². The number of rotatable bonds is 6. The normalized spacial score (nSPS) is 15.3. The summed E-state index contributed by atoms with van der Waals surface area (Å²) < 4.78 is 19.9. The molecule has 2 aliphatic rings. The molecule has 0 aliphatic carbocycles. The number of halogens is 1. The van der Waals surface area contributed by atoms with E-state index in [-0.39, 0.29) is 5.82 Å². The zero-order valence-electron chi connectivity index (χ0n) is 20.9. The van der Waals surface area contributed by atoms with E-state index in [9.17, 15) is 4.39 Å². The minimum atomic E-state index is -0.297. The van der Waals surface area contributed by atoms with Crippen molar-refractivity contribution in [3.8, 4) is 11.3 Å². The number of amidine groups is 1. The Morgan fingerprint density at radius 2 is 1.71 bits per heavy atom. The summed E-state index contributed by atoms with van der Waals surface area (Å²) in [6.45, 7) is 5.22. The molecule has 0 radical (unpaired) electrons. The average molecular weight is 511 g/mol. The van der Waals surface area contributed by atoms with E-state index in [0.29, 0.717) is 37.1 Å². The molecule has 0 spiro atoms. The lowest BCUT2D eigenvalue weighted by Crippen LogP contribution is -2.36. The Bertz CT molecular complexity index is 1470.